The number of piperazine rings is 1. The third-order valence-corrected chi connectivity index (χ3v) is 6.05. The van der Waals surface area contributed by atoms with Crippen LogP contribution in [0.4, 0.5) is 5.69 Å². The van der Waals surface area contributed by atoms with E-state index in [9.17, 15) is 14.4 Å². The maximum Gasteiger partial charge on any atom is 0.224 e. The predicted molar refractivity (Wildman–Crippen MR) is 115 cm³/mol. The molecule has 2 aromatic rings. The van der Waals surface area contributed by atoms with Crippen LogP contribution < -0.4 is 10.2 Å². The first-order valence-corrected chi connectivity index (χ1v) is 10.8. The molecule has 1 N–H and O–H groups in total. The lowest BCUT2D eigenvalue weighted by atomic mass is 10.2. The molecule has 29 heavy (non-hydrogen) atoms. The molecule has 6 nitrogen and oxygen atoms in total. The minimum atomic E-state index is -0.187. The first kappa shape index (κ1) is 21.0. The Labute approximate surface area is 175 Å². The maximum atomic E-state index is 12.4. The Morgan fingerprint density at radius 2 is 1.66 bits per heavy atom. The number of hydrogen-bond donors (Lipinski definition) is 1. The summed E-state index contributed by atoms with van der Waals surface area (Å²) in [7, 11) is 0. The maximum absolute atomic E-state index is 12.4. The first-order valence-electron chi connectivity index (χ1n) is 9.97. The van der Waals surface area contributed by atoms with E-state index in [1.54, 1.807) is 6.07 Å². The van der Waals surface area contributed by atoms with Crippen LogP contribution in [0, 0.1) is 6.92 Å². The first-order chi connectivity index (χ1) is 14.0. The molecule has 1 aliphatic heterocycles. The third-order valence-electron chi connectivity index (χ3n) is 5.01. The SMILES string of the molecule is Cc1ccc(C(=O)CCC(=O)NCCC(=O)N2CCN(c3ccccc3)CC2)s1. The molecule has 0 radical (unpaired) electrons. The van der Waals surface area contributed by atoms with Crippen molar-refractivity contribution in [1.29, 1.82) is 0 Å². The molecule has 0 aliphatic carbocycles. The highest BCUT2D eigenvalue weighted by molar-refractivity contribution is 7.14. The number of para-hydroxylation sites is 1. The van der Waals surface area contributed by atoms with Gasteiger partial charge in [-0.1, -0.05) is 18.2 Å². The Kier molecular flexibility index (Phi) is 7.41. The molecule has 0 unspecified atom stereocenters. The highest BCUT2D eigenvalue weighted by Gasteiger charge is 2.21. The number of thiophene rings is 1. The molecule has 1 aromatic heterocycles. The molecule has 2 amide bonds. The minimum absolute atomic E-state index is 0.00869. The number of nitrogens with zero attached hydrogens (tertiary/aromatic N) is 2. The fraction of sp³-hybridized carbons (Fsp3) is 0.409. The van der Waals surface area contributed by atoms with Gasteiger partial charge >= 0.3 is 0 Å². The molecule has 7 heteroatoms. The summed E-state index contributed by atoms with van der Waals surface area (Å²) in [5, 5.41) is 2.75. The van der Waals surface area contributed by atoms with E-state index < -0.39 is 0 Å². The van der Waals surface area contributed by atoms with Gasteiger partial charge in [-0.15, -0.1) is 11.3 Å². The van der Waals surface area contributed by atoms with Gasteiger partial charge in [0.25, 0.3) is 0 Å². The van der Waals surface area contributed by atoms with Gasteiger partial charge in [-0.3, -0.25) is 14.4 Å². The van der Waals surface area contributed by atoms with Gasteiger partial charge in [0.2, 0.25) is 11.8 Å². The molecule has 1 aliphatic rings. The van der Waals surface area contributed by atoms with Crippen LogP contribution in [-0.2, 0) is 9.59 Å². The number of hydrogen-bond acceptors (Lipinski definition) is 5. The molecule has 1 aromatic carbocycles. The molecule has 0 saturated carbocycles. The second-order valence-corrected chi connectivity index (χ2v) is 8.42. The fourth-order valence-electron chi connectivity index (χ4n) is 3.34. The third kappa shape index (κ3) is 6.15. The van der Waals surface area contributed by atoms with Gasteiger partial charge in [-0.05, 0) is 31.2 Å². The number of anilines is 1. The van der Waals surface area contributed by atoms with Crippen LogP contribution in [0.15, 0.2) is 42.5 Å². The summed E-state index contributed by atoms with van der Waals surface area (Å²) < 4.78 is 0. The second-order valence-electron chi connectivity index (χ2n) is 7.14. The zero-order valence-corrected chi connectivity index (χ0v) is 17.5. The average molecular weight is 414 g/mol. The van der Waals surface area contributed by atoms with E-state index in [0.717, 1.165) is 18.0 Å². The Morgan fingerprint density at radius 3 is 2.31 bits per heavy atom. The number of rotatable bonds is 8. The van der Waals surface area contributed by atoms with Gasteiger partial charge in [0.05, 0.1) is 4.88 Å². The molecule has 3 rings (SSSR count). The van der Waals surface area contributed by atoms with Crippen molar-refractivity contribution in [3.05, 3.63) is 52.2 Å². The van der Waals surface area contributed by atoms with Crippen LogP contribution in [0.2, 0.25) is 0 Å². The Hall–Kier alpha value is -2.67. The van der Waals surface area contributed by atoms with Crippen molar-refractivity contribution in [1.82, 2.24) is 10.2 Å². The van der Waals surface area contributed by atoms with Crippen molar-refractivity contribution in [3.63, 3.8) is 0 Å². The highest BCUT2D eigenvalue weighted by atomic mass is 32.1. The van der Waals surface area contributed by atoms with E-state index in [-0.39, 0.29) is 36.9 Å². The molecule has 0 atom stereocenters. The number of carbonyl (C=O) groups is 3. The van der Waals surface area contributed by atoms with Crippen molar-refractivity contribution < 1.29 is 14.4 Å². The van der Waals surface area contributed by atoms with Crippen LogP contribution in [0.25, 0.3) is 0 Å². The lowest BCUT2D eigenvalue weighted by Crippen LogP contribution is -2.49. The van der Waals surface area contributed by atoms with Crippen LogP contribution in [0.1, 0.15) is 33.8 Å². The second kappa shape index (κ2) is 10.2. The Bertz CT molecular complexity index is 842. The van der Waals surface area contributed by atoms with Gasteiger partial charge in [0, 0.05) is 62.6 Å². The topological polar surface area (TPSA) is 69.7 Å². The summed E-state index contributed by atoms with van der Waals surface area (Å²) >= 11 is 1.45. The van der Waals surface area contributed by atoms with Gasteiger partial charge in [0.1, 0.15) is 0 Å². The molecule has 0 bridgehead atoms. The highest BCUT2D eigenvalue weighted by Crippen LogP contribution is 2.18. The largest absolute Gasteiger partial charge is 0.368 e. The average Bonchev–Trinajstić information content (AvgIpc) is 3.19. The van der Waals surface area contributed by atoms with Crippen molar-refractivity contribution in [2.45, 2.75) is 26.2 Å². The number of carbonyl (C=O) groups excluding carboxylic acids is 3. The minimum Gasteiger partial charge on any atom is -0.368 e. The van der Waals surface area contributed by atoms with E-state index in [0.29, 0.717) is 24.5 Å². The summed E-state index contributed by atoms with van der Waals surface area (Å²) in [4.78, 5) is 42.3. The molecular weight excluding hydrogens is 386 g/mol. The lowest BCUT2D eigenvalue weighted by Gasteiger charge is -2.36. The number of benzene rings is 1. The molecule has 0 spiro atoms. The summed E-state index contributed by atoms with van der Waals surface area (Å²) in [6.07, 6.45) is 0.635. The fourth-order valence-corrected chi connectivity index (χ4v) is 4.18. The number of nitrogens with one attached hydrogen (secondary N) is 1. The standard InChI is InChI=1S/C22H27N3O3S/c1-17-7-9-20(29-17)19(26)8-10-21(27)23-12-11-22(28)25-15-13-24(14-16-25)18-5-3-2-4-6-18/h2-7,9H,8,10-16H2,1H3,(H,23,27). The van der Waals surface area contributed by atoms with Crippen LogP contribution >= 0.6 is 11.3 Å². The van der Waals surface area contributed by atoms with E-state index in [1.165, 1.54) is 17.0 Å². The molecule has 1 saturated heterocycles. The summed E-state index contributed by atoms with van der Waals surface area (Å²) in [5.41, 5.74) is 1.18. The summed E-state index contributed by atoms with van der Waals surface area (Å²) in [6, 6.07) is 13.9. The molecular formula is C22H27N3O3S. The number of amides is 2. The quantitative estimate of drug-likeness (QED) is 0.676. The van der Waals surface area contributed by atoms with Crippen LogP contribution in [0.3, 0.4) is 0 Å². The Morgan fingerprint density at radius 1 is 0.931 bits per heavy atom. The van der Waals surface area contributed by atoms with Gasteiger partial charge < -0.3 is 15.1 Å². The smallest absolute Gasteiger partial charge is 0.224 e. The van der Waals surface area contributed by atoms with E-state index in [1.807, 2.05) is 36.1 Å². The van der Waals surface area contributed by atoms with Gasteiger partial charge in [-0.2, -0.15) is 0 Å². The van der Waals surface area contributed by atoms with Gasteiger partial charge in [0.15, 0.2) is 5.78 Å². The monoisotopic (exact) mass is 413 g/mol. The van der Waals surface area contributed by atoms with Crippen molar-refractivity contribution in [2.24, 2.45) is 0 Å². The van der Waals surface area contributed by atoms with Crippen molar-refractivity contribution in [3.8, 4) is 0 Å². The number of Topliss-reactive ketones (excluding diaryl/α,β-unsaturated/α-hetero) is 1. The lowest BCUT2D eigenvalue weighted by molar-refractivity contribution is -0.131. The van der Waals surface area contributed by atoms with Crippen LogP contribution in [-0.4, -0.2) is 55.2 Å². The molecule has 2 heterocycles. The Balaban J connectivity index is 1.31. The zero-order valence-electron chi connectivity index (χ0n) is 16.7. The normalized spacial score (nSPS) is 14.0. The summed E-state index contributed by atoms with van der Waals surface area (Å²) in [5.74, 6) is -0.137. The van der Waals surface area contributed by atoms with E-state index in [2.05, 4.69) is 22.3 Å². The zero-order chi connectivity index (χ0) is 20.6. The predicted octanol–water partition coefficient (Wildman–Crippen LogP) is 2.87. The van der Waals surface area contributed by atoms with Crippen molar-refractivity contribution in [2.75, 3.05) is 37.6 Å². The number of ketones is 1. The van der Waals surface area contributed by atoms with Crippen molar-refractivity contribution >= 4 is 34.6 Å². The van der Waals surface area contributed by atoms with Crippen LogP contribution in [0.5, 0.6) is 0 Å². The summed E-state index contributed by atoms with van der Waals surface area (Å²) in [6.45, 7) is 5.27. The molecule has 154 valence electrons. The molecule has 1 fully saturated rings. The van der Waals surface area contributed by atoms with Gasteiger partial charge in [-0.25, -0.2) is 0 Å². The van der Waals surface area contributed by atoms with E-state index in [4.69, 9.17) is 0 Å². The van der Waals surface area contributed by atoms with E-state index >= 15 is 0 Å². The number of aryl methyl sites for hydroxylation is 1.